The van der Waals surface area contributed by atoms with Gasteiger partial charge in [-0.2, -0.15) is 0 Å². The fraction of sp³-hybridized carbons (Fsp3) is 0.357. The number of anilines is 2. The molecule has 7 heteroatoms. The summed E-state index contributed by atoms with van der Waals surface area (Å²) in [4.78, 5) is 35.9. The highest BCUT2D eigenvalue weighted by Gasteiger charge is 2.32. The van der Waals surface area contributed by atoms with Crippen LogP contribution in [0.25, 0.3) is 0 Å². The Bertz CT molecular complexity index is 659. The molecule has 21 heavy (non-hydrogen) atoms. The molecule has 110 valence electrons. The molecule has 0 saturated carbocycles. The molecule has 2 aliphatic heterocycles. The van der Waals surface area contributed by atoms with E-state index in [1.165, 1.54) is 6.07 Å². The Labute approximate surface area is 120 Å². The second-order valence-corrected chi connectivity index (χ2v) is 5.32. The quantitative estimate of drug-likeness (QED) is 0.783. The van der Waals surface area contributed by atoms with Gasteiger partial charge in [0, 0.05) is 13.1 Å². The van der Waals surface area contributed by atoms with E-state index in [0.717, 1.165) is 12.5 Å². The van der Waals surface area contributed by atoms with Gasteiger partial charge in [-0.05, 0) is 25.0 Å². The Morgan fingerprint density at radius 2 is 2.14 bits per heavy atom. The number of nitrogens with two attached hydrogens (primary N) is 1. The lowest BCUT2D eigenvalue weighted by Crippen LogP contribution is -2.41. The molecule has 1 atom stereocenters. The number of carbonyl (C=O) groups excluding carboxylic acids is 3. The number of ketones is 1. The smallest absolute Gasteiger partial charge is 0.296 e. The van der Waals surface area contributed by atoms with Gasteiger partial charge in [0.25, 0.3) is 11.7 Å². The number of Topliss-reactive ketones (excluding diaryl/α,β-unsaturated/α-hetero) is 1. The first-order valence-corrected chi connectivity index (χ1v) is 6.71. The van der Waals surface area contributed by atoms with Crippen LogP contribution >= 0.6 is 0 Å². The highest BCUT2D eigenvalue weighted by Crippen LogP contribution is 2.33. The van der Waals surface area contributed by atoms with Crippen molar-refractivity contribution in [1.82, 2.24) is 0 Å². The van der Waals surface area contributed by atoms with Crippen LogP contribution in [0.3, 0.4) is 0 Å². The molecule has 2 heterocycles. The van der Waals surface area contributed by atoms with E-state index in [9.17, 15) is 18.8 Å². The molecule has 0 bridgehead atoms. The number of nitrogens with one attached hydrogen (secondary N) is 1. The Morgan fingerprint density at radius 1 is 1.38 bits per heavy atom. The van der Waals surface area contributed by atoms with Crippen molar-refractivity contribution >= 4 is 29.0 Å². The molecular formula is C14H14FN3O3. The standard InChI is InChI=1S/C14H14FN3O3/c15-9-4-8-10(17-14(21)12(8)19)5-11(9)18-3-1-2-7(6-18)13(16)20/h4-5,7H,1-3,6H2,(H2,16,20)(H,17,19,21). The molecule has 0 aliphatic carbocycles. The third-order valence-corrected chi connectivity index (χ3v) is 3.95. The third kappa shape index (κ3) is 2.24. The van der Waals surface area contributed by atoms with E-state index in [4.69, 9.17) is 5.73 Å². The molecule has 1 fully saturated rings. The maximum Gasteiger partial charge on any atom is 0.296 e. The van der Waals surface area contributed by atoms with Crippen molar-refractivity contribution in [3.05, 3.63) is 23.5 Å². The number of primary amides is 1. The number of nitrogens with zero attached hydrogens (tertiary/aromatic N) is 1. The number of hydrogen-bond donors (Lipinski definition) is 2. The van der Waals surface area contributed by atoms with Crippen LogP contribution in [0.1, 0.15) is 23.2 Å². The highest BCUT2D eigenvalue weighted by atomic mass is 19.1. The van der Waals surface area contributed by atoms with Crippen molar-refractivity contribution in [3.63, 3.8) is 0 Å². The Kier molecular flexibility index (Phi) is 3.12. The lowest BCUT2D eigenvalue weighted by molar-refractivity contribution is -0.122. The van der Waals surface area contributed by atoms with E-state index in [-0.39, 0.29) is 17.2 Å². The molecule has 1 aromatic rings. The first-order chi connectivity index (χ1) is 9.97. The van der Waals surface area contributed by atoms with Gasteiger partial charge in [-0.1, -0.05) is 0 Å². The first-order valence-electron chi connectivity index (χ1n) is 6.71. The molecule has 3 rings (SSSR count). The number of halogens is 1. The number of rotatable bonds is 2. The fourth-order valence-electron chi connectivity index (χ4n) is 2.83. The van der Waals surface area contributed by atoms with Crippen molar-refractivity contribution in [3.8, 4) is 0 Å². The summed E-state index contributed by atoms with van der Waals surface area (Å²) < 4.78 is 14.2. The molecular weight excluding hydrogens is 277 g/mol. The fourth-order valence-corrected chi connectivity index (χ4v) is 2.83. The van der Waals surface area contributed by atoms with Crippen LogP contribution in [0.4, 0.5) is 15.8 Å². The van der Waals surface area contributed by atoms with Crippen LogP contribution in [0.15, 0.2) is 12.1 Å². The first kappa shape index (κ1) is 13.5. The molecule has 3 N–H and O–H groups in total. The Morgan fingerprint density at radius 3 is 2.86 bits per heavy atom. The summed E-state index contributed by atoms with van der Waals surface area (Å²) in [5, 5.41) is 2.41. The zero-order chi connectivity index (χ0) is 15.1. The maximum atomic E-state index is 14.2. The van der Waals surface area contributed by atoms with Gasteiger partial charge in [-0.3, -0.25) is 14.4 Å². The van der Waals surface area contributed by atoms with Crippen LogP contribution in [0.5, 0.6) is 0 Å². The van der Waals surface area contributed by atoms with Gasteiger partial charge in [-0.15, -0.1) is 0 Å². The average molecular weight is 291 g/mol. The maximum absolute atomic E-state index is 14.2. The van der Waals surface area contributed by atoms with E-state index in [1.54, 1.807) is 4.90 Å². The van der Waals surface area contributed by atoms with Crippen molar-refractivity contribution in [1.29, 1.82) is 0 Å². The predicted octanol–water partition coefficient (Wildman–Crippen LogP) is 0.662. The van der Waals surface area contributed by atoms with Gasteiger partial charge in [0.1, 0.15) is 5.82 Å². The molecule has 1 saturated heterocycles. The van der Waals surface area contributed by atoms with Gasteiger partial charge in [0.2, 0.25) is 5.91 Å². The van der Waals surface area contributed by atoms with Crippen molar-refractivity contribution in [2.75, 3.05) is 23.3 Å². The summed E-state index contributed by atoms with van der Waals surface area (Å²) in [6.45, 7) is 0.939. The highest BCUT2D eigenvalue weighted by molar-refractivity contribution is 6.51. The number of benzene rings is 1. The van der Waals surface area contributed by atoms with Crippen LogP contribution in [-0.2, 0) is 9.59 Å². The minimum Gasteiger partial charge on any atom is -0.369 e. The van der Waals surface area contributed by atoms with E-state index in [1.807, 2.05) is 0 Å². The lowest BCUT2D eigenvalue weighted by Gasteiger charge is -2.33. The number of hydrogen-bond acceptors (Lipinski definition) is 4. The molecule has 1 aromatic carbocycles. The molecule has 6 nitrogen and oxygen atoms in total. The number of piperidine rings is 1. The van der Waals surface area contributed by atoms with E-state index in [0.29, 0.717) is 25.2 Å². The minimum atomic E-state index is -0.754. The third-order valence-electron chi connectivity index (χ3n) is 3.95. The monoisotopic (exact) mass is 291 g/mol. The minimum absolute atomic E-state index is 0.0460. The van der Waals surface area contributed by atoms with Crippen LogP contribution < -0.4 is 16.0 Å². The van der Waals surface area contributed by atoms with Crippen molar-refractivity contribution in [2.24, 2.45) is 11.7 Å². The van der Waals surface area contributed by atoms with Crippen LogP contribution in [0, 0.1) is 11.7 Å². The number of carbonyl (C=O) groups is 3. The Hall–Kier alpha value is -2.44. The van der Waals surface area contributed by atoms with Crippen molar-refractivity contribution < 1.29 is 18.8 Å². The van der Waals surface area contributed by atoms with Gasteiger partial charge in [-0.25, -0.2) is 4.39 Å². The van der Waals surface area contributed by atoms with Crippen LogP contribution in [-0.4, -0.2) is 30.7 Å². The summed E-state index contributed by atoms with van der Waals surface area (Å²) in [7, 11) is 0. The summed E-state index contributed by atoms with van der Waals surface area (Å²) in [6, 6.07) is 2.51. The zero-order valence-corrected chi connectivity index (χ0v) is 11.2. The van der Waals surface area contributed by atoms with Crippen LogP contribution in [0.2, 0.25) is 0 Å². The van der Waals surface area contributed by atoms with E-state index >= 15 is 0 Å². The second kappa shape index (κ2) is 4.83. The molecule has 2 aliphatic rings. The molecule has 2 amide bonds. The second-order valence-electron chi connectivity index (χ2n) is 5.32. The molecule has 0 aromatic heterocycles. The Balaban J connectivity index is 1.93. The number of amides is 2. The predicted molar refractivity (Wildman–Crippen MR) is 73.5 cm³/mol. The number of fused-ring (bicyclic) bond motifs is 1. The van der Waals surface area contributed by atoms with Crippen molar-refractivity contribution in [2.45, 2.75) is 12.8 Å². The van der Waals surface area contributed by atoms with Gasteiger partial charge >= 0.3 is 0 Å². The summed E-state index contributed by atoms with van der Waals surface area (Å²) in [5.41, 5.74) is 5.94. The molecule has 1 unspecified atom stereocenters. The average Bonchev–Trinajstić information content (AvgIpc) is 2.73. The molecule has 0 spiro atoms. The van der Waals surface area contributed by atoms with Gasteiger partial charge in [0.15, 0.2) is 0 Å². The largest absolute Gasteiger partial charge is 0.369 e. The lowest BCUT2D eigenvalue weighted by atomic mass is 9.96. The topological polar surface area (TPSA) is 92.5 Å². The van der Waals surface area contributed by atoms with E-state index < -0.39 is 23.4 Å². The summed E-state index contributed by atoms with van der Waals surface area (Å²) in [6.07, 6.45) is 1.42. The van der Waals surface area contributed by atoms with Gasteiger partial charge < -0.3 is 16.0 Å². The normalized spacial score (nSPS) is 21.2. The zero-order valence-electron chi connectivity index (χ0n) is 11.2. The summed E-state index contributed by atoms with van der Waals surface area (Å²) >= 11 is 0. The summed E-state index contributed by atoms with van der Waals surface area (Å²) in [5.74, 6) is -2.78. The SMILES string of the molecule is NC(=O)C1CCCN(c2cc3c(cc2F)C(=O)C(=O)N3)C1. The molecule has 0 radical (unpaired) electrons. The van der Waals surface area contributed by atoms with E-state index in [2.05, 4.69) is 5.32 Å². The van der Waals surface area contributed by atoms with Gasteiger partial charge in [0.05, 0.1) is 22.9 Å².